The molecule has 1 aliphatic heterocycles. The smallest absolute Gasteiger partial charge is 0.410 e. The van der Waals surface area contributed by atoms with Gasteiger partial charge in [0.25, 0.3) is 0 Å². The van der Waals surface area contributed by atoms with Crippen molar-refractivity contribution < 1.29 is 14.3 Å². The summed E-state index contributed by atoms with van der Waals surface area (Å²) in [6, 6.07) is 9.16. The van der Waals surface area contributed by atoms with E-state index in [1.54, 1.807) is 17.0 Å². The Balaban J connectivity index is 1.36. The summed E-state index contributed by atoms with van der Waals surface area (Å²) in [4.78, 5) is 26.2. The Kier molecular flexibility index (Phi) is 6.31. The molecule has 1 saturated carbocycles. The number of rotatable bonds is 4. The van der Waals surface area contributed by atoms with Gasteiger partial charge < -0.3 is 15.0 Å². The van der Waals surface area contributed by atoms with Crippen molar-refractivity contribution in [2.45, 2.75) is 44.9 Å². The monoisotopic (exact) mass is 344 g/mol. The van der Waals surface area contributed by atoms with Crippen molar-refractivity contribution in [1.29, 1.82) is 0 Å². The molecule has 0 spiro atoms. The van der Waals surface area contributed by atoms with Gasteiger partial charge in [0.2, 0.25) is 5.91 Å². The summed E-state index contributed by atoms with van der Waals surface area (Å²) in [5.41, 5.74) is 0. The van der Waals surface area contributed by atoms with Crippen molar-refractivity contribution in [3.63, 3.8) is 0 Å². The second kappa shape index (κ2) is 8.88. The van der Waals surface area contributed by atoms with Crippen LogP contribution >= 0.6 is 0 Å². The van der Waals surface area contributed by atoms with Gasteiger partial charge in [-0.05, 0) is 43.7 Å². The molecule has 2 amide bonds. The van der Waals surface area contributed by atoms with Crippen molar-refractivity contribution >= 4 is 12.0 Å². The summed E-state index contributed by atoms with van der Waals surface area (Å²) < 4.78 is 5.38. The van der Waals surface area contributed by atoms with Crippen LogP contribution < -0.4 is 10.1 Å². The van der Waals surface area contributed by atoms with Gasteiger partial charge in [0, 0.05) is 25.6 Å². The number of likely N-dealkylation sites (tertiary alicyclic amines) is 1. The minimum Gasteiger partial charge on any atom is -0.410 e. The summed E-state index contributed by atoms with van der Waals surface area (Å²) in [7, 11) is 0. The lowest BCUT2D eigenvalue weighted by Gasteiger charge is -2.31. The molecule has 1 heterocycles. The van der Waals surface area contributed by atoms with Crippen LogP contribution in [0.25, 0.3) is 0 Å². The van der Waals surface area contributed by atoms with E-state index in [0.717, 1.165) is 32.2 Å². The van der Waals surface area contributed by atoms with Crippen LogP contribution in [0.2, 0.25) is 0 Å². The molecule has 0 aromatic heterocycles. The lowest BCUT2D eigenvalue weighted by atomic mass is 9.88. The minimum atomic E-state index is -0.282. The first-order valence-electron chi connectivity index (χ1n) is 9.52. The third-order valence-corrected chi connectivity index (χ3v) is 5.36. The quantitative estimate of drug-likeness (QED) is 0.908. The van der Waals surface area contributed by atoms with Gasteiger partial charge in [-0.25, -0.2) is 4.79 Å². The highest BCUT2D eigenvalue weighted by Crippen LogP contribution is 2.24. The summed E-state index contributed by atoms with van der Waals surface area (Å²) >= 11 is 0. The normalized spacial score (nSPS) is 19.4. The number of hydrogen-bond acceptors (Lipinski definition) is 3. The average molecular weight is 344 g/mol. The number of para-hydroxylation sites is 1. The first-order valence-corrected chi connectivity index (χ1v) is 9.52. The van der Waals surface area contributed by atoms with Crippen LogP contribution in [-0.2, 0) is 4.79 Å². The number of nitrogens with zero attached hydrogens (tertiary/aromatic N) is 1. The van der Waals surface area contributed by atoms with E-state index in [2.05, 4.69) is 5.32 Å². The Hall–Kier alpha value is -2.04. The number of amides is 2. The molecule has 5 nitrogen and oxygen atoms in total. The highest BCUT2D eigenvalue weighted by Gasteiger charge is 2.26. The van der Waals surface area contributed by atoms with Crippen molar-refractivity contribution in [2.75, 3.05) is 19.6 Å². The SMILES string of the molecule is O=C(NCC1CCN(C(=O)Oc2ccccc2)CC1)C1CCCCC1. The first-order chi connectivity index (χ1) is 12.2. The maximum atomic E-state index is 12.2. The number of carbonyl (C=O) groups is 2. The fraction of sp³-hybridized carbons (Fsp3) is 0.600. The molecule has 1 N–H and O–H groups in total. The van der Waals surface area contributed by atoms with Gasteiger partial charge in [0.15, 0.2) is 0 Å². The summed E-state index contributed by atoms with van der Waals surface area (Å²) in [6.07, 6.45) is 7.24. The topological polar surface area (TPSA) is 58.6 Å². The molecule has 1 aromatic carbocycles. The van der Waals surface area contributed by atoms with E-state index in [1.165, 1.54) is 19.3 Å². The zero-order valence-corrected chi connectivity index (χ0v) is 14.8. The van der Waals surface area contributed by atoms with Crippen LogP contribution in [0.3, 0.4) is 0 Å². The lowest BCUT2D eigenvalue weighted by Crippen LogP contribution is -2.43. The van der Waals surface area contributed by atoms with E-state index in [-0.39, 0.29) is 17.9 Å². The first kappa shape index (κ1) is 17.8. The minimum absolute atomic E-state index is 0.217. The van der Waals surface area contributed by atoms with Crippen molar-refractivity contribution in [2.24, 2.45) is 11.8 Å². The van der Waals surface area contributed by atoms with Gasteiger partial charge in [-0.15, -0.1) is 0 Å². The molecule has 0 unspecified atom stereocenters. The fourth-order valence-electron chi connectivity index (χ4n) is 3.73. The van der Waals surface area contributed by atoms with Crippen molar-refractivity contribution in [1.82, 2.24) is 10.2 Å². The van der Waals surface area contributed by atoms with E-state index in [1.807, 2.05) is 18.2 Å². The number of ether oxygens (including phenoxy) is 1. The van der Waals surface area contributed by atoms with E-state index in [9.17, 15) is 9.59 Å². The molecule has 1 aliphatic carbocycles. The molecule has 3 rings (SSSR count). The van der Waals surface area contributed by atoms with Crippen LogP contribution in [-0.4, -0.2) is 36.5 Å². The van der Waals surface area contributed by atoms with Gasteiger partial charge in [-0.2, -0.15) is 0 Å². The third-order valence-electron chi connectivity index (χ3n) is 5.36. The molecule has 5 heteroatoms. The Morgan fingerprint density at radius 3 is 2.36 bits per heavy atom. The predicted molar refractivity (Wildman–Crippen MR) is 96.3 cm³/mol. The Morgan fingerprint density at radius 1 is 1.00 bits per heavy atom. The molecule has 2 fully saturated rings. The number of nitrogens with one attached hydrogen (secondary N) is 1. The molecule has 0 radical (unpaired) electrons. The van der Waals surface area contributed by atoms with Crippen LogP contribution in [0.15, 0.2) is 30.3 Å². The predicted octanol–water partition coefficient (Wildman–Crippen LogP) is 3.59. The van der Waals surface area contributed by atoms with Crippen LogP contribution in [0, 0.1) is 11.8 Å². The molecule has 0 atom stereocenters. The zero-order chi connectivity index (χ0) is 17.5. The number of piperidine rings is 1. The Morgan fingerprint density at radius 2 is 1.68 bits per heavy atom. The van der Waals surface area contributed by atoms with Crippen molar-refractivity contribution in [3.05, 3.63) is 30.3 Å². The highest BCUT2D eigenvalue weighted by atomic mass is 16.6. The third kappa shape index (κ3) is 5.21. The van der Waals surface area contributed by atoms with E-state index in [4.69, 9.17) is 4.74 Å². The second-order valence-corrected chi connectivity index (χ2v) is 7.19. The van der Waals surface area contributed by atoms with Gasteiger partial charge in [0.1, 0.15) is 5.75 Å². The molecule has 0 bridgehead atoms. The van der Waals surface area contributed by atoms with Gasteiger partial charge in [-0.3, -0.25) is 4.79 Å². The second-order valence-electron chi connectivity index (χ2n) is 7.19. The summed E-state index contributed by atoms with van der Waals surface area (Å²) in [5.74, 6) is 1.47. The fourth-order valence-corrected chi connectivity index (χ4v) is 3.73. The molecule has 136 valence electrons. The highest BCUT2D eigenvalue weighted by molar-refractivity contribution is 5.78. The summed E-state index contributed by atoms with van der Waals surface area (Å²) in [6.45, 7) is 2.11. The summed E-state index contributed by atoms with van der Waals surface area (Å²) in [5, 5.41) is 3.13. The van der Waals surface area contributed by atoms with Gasteiger partial charge >= 0.3 is 6.09 Å². The molecular weight excluding hydrogens is 316 g/mol. The van der Waals surface area contributed by atoms with Crippen molar-refractivity contribution in [3.8, 4) is 5.75 Å². The zero-order valence-electron chi connectivity index (χ0n) is 14.8. The lowest BCUT2D eigenvalue weighted by molar-refractivity contribution is -0.126. The number of hydrogen-bond donors (Lipinski definition) is 1. The van der Waals surface area contributed by atoms with E-state index < -0.39 is 0 Å². The van der Waals surface area contributed by atoms with Gasteiger partial charge in [-0.1, -0.05) is 37.5 Å². The Labute approximate surface area is 149 Å². The van der Waals surface area contributed by atoms with Crippen LogP contribution in [0.4, 0.5) is 4.79 Å². The molecular formula is C20H28N2O3. The van der Waals surface area contributed by atoms with Crippen LogP contribution in [0.5, 0.6) is 5.75 Å². The maximum absolute atomic E-state index is 12.2. The number of benzene rings is 1. The number of carbonyl (C=O) groups excluding carboxylic acids is 2. The maximum Gasteiger partial charge on any atom is 0.415 e. The average Bonchev–Trinajstić information content (AvgIpc) is 2.68. The van der Waals surface area contributed by atoms with E-state index >= 15 is 0 Å². The largest absolute Gasteiger partial charge is 0.415 e. The standard InChI is InChI=1S/C20H28N2O3/c23-19(17-7-3-1-4-8-17)21-15-16-11-13-22(14-12-16)20(24)25-18-9-5-2-6-10-18/h2,5-6,9-10,16-17H,1,3-4,7-8,11-15H2,(H,21,23). The Bertz CT molecular complexity index is 562. The molecule has 1 saturated heterocycles. The molecule has 2 aliphatic rings. The molecule has 1 aromatic rings. The van der Waals surface area contributed by atoms with E-state index in [0.29, 0.717) is 24.8 Å². The van der Waals surface area contributed by atoms with Crippen LogP contribution in [0.1, 0.15) is 44.9 Å². The molecule has 25 heavy (non-hydrogen) atoms. The van der Waals surface area contributed by atoms with Gasteiger partial charge in [0.05, 0.1) is 0 Å².